The van der Waals surface area contributed by atoms with Gasteiger partial charge in [0, 0.05) is 5.56 Å². The number of nitrogens with zero attached hydrogens (tertiary/aromatic N) is 2. The summed E-state index contributed by atoms with van der Waals surface area (Å²) in [7, 11) is 0. The number of carbonyl (C=O) groups is 1. The summed E-state index contributed by atoms with van der Waals surface area (Å²) in [6.45, 7) is 3.66. The largest absolute Gasteiger partial charge is 0.482 e. The summed E-state index contributed by atoms with van der Waals surface area (Å²) in [4.78, 5) is 11.8. The lowest BCUT2D eigenvalue weighted by molar-refractivity contribution is -0.148. The van der Waals surface area contributed by atoms with Gasteiger partial charge in [0.1, 0.15) is 5.75 Å². The number of ether oxygens (including phenoxy) is 2. The maximum absolute atomic E-state index is 11.8. The summed E-state index contributed by atoms with van der Waals surface area (Å²) in [5, 5.41) is 7.81. The smallest absolute Gasteiger partial charge is 0.344 e. The van der Waals surface area contributed by atoms with E-state index >= 15 is 0 Å². The van der Waals surface area contributed by atoms with E-state index in [0.717, 1.165) is 16.7 Å². The van der Waals surface area contributed by atoms with E-state index in [1.165, 1.54) is 0 Å². The van der Waals surface area contributed by atoms with Crippen LogP contribution >= 0.6 is 0 Å². The molecule has 0 N–H and O–H groups in total. The molecule has 0 saturated heterocycles. The van der Waals surface area contributed by atoms with Crippen molar-refractivity contribution in [3.05, 3.63) is 65.5 Å². The van der Waals surface area contributed by atoms with Gasteiger partial charge in [0.15, 0.2) is 13.2 Å². The highest BCUT2D eigenvalue weighted by Gasteiger charge is 2.11. The van der Waals surface area contributed by atoms with Crippen LogP contribution in [0.4, 0.5) is 0 Å². The van der Waals surface area contributed by atoms with Gasteiger partial charge in [-0.05, 0) is 37.6 Å². The average molecular weight is 338 g/mol. The lowest BCUT2D eigenvalue weighted by Crippen LogP contribution is -2.15. The van der Waals surface area contributed by atoms with E-state index in [1.807, 2.05) is 62.4 Å². The van der Waals surface area contributed by atoms with Crippen LogP contribution in [0.15, 0.2) is 52.9 Å². The van der Waals surface area contributed by atoms with Crippen molar-refractivity contribution in [3.8, 4) is 17.2 Å². The molecule has 0 radical (unpaired) electrons. The van der Waals surface area contributed by atoms with Crippen LogP contribution in [0.1, 0.15) is 17.0 Å². The molecule has 0 saturated carbocycles. The summed E-state index contributed by atoms with van der Waals surface area (Å²) in [5.74, 6) is 0.781. The number of esters is 1. The molecule has 128 valence electrons. The molecule has 0 bridgehead atoms. The Morgan fingerprint density at radius 1 is 1.08 bits per heavy atom. The maximum Gasteiger partial charge on any atom is 0.344 e. The number of hydrogen-bond donors (Lipinski definition) is 0. The van der Waals surface area contributed by atoms with Crippen LogP contribution in [-0.4, -0.2) is 22.8 Å². The quantitative estimate of drug-likeness (QED) is 0.641. The topological polar surface area (TPSA) is 74.5 Å². The second-order valence-electron chi connectivity index (χ2n) is 5.59. The predicted molar refractivity (Wildman–Crippen MR) is 90.9 cm³/mol. The van der Waals surface area contributed by atoms with Crippen molar-refractivity contribution in [1.82, 2.24) is 10.2 Å². The van der Waals surface area contributed by atoms with E-state index in [2.05, 4.69) is 10.2 Å². The Balaban J connectivity index is 1.50. The fraction of sp³-hybridized carbons (Fsp3) is 0.211. The molecule has 0 aliphatic heterocycles. The number of aryl methyl sites for hydroxylation is 2. The minimum absolute atomic E-state index is 0.0884. The third-order valence-electron chi connectivity index (χ3n) is 3.52. The first-order valence-corrected chi connectivity index (χ1v) is 7.85. The van der Waals surface area contributed by atoms with Crippen LogP contribution in [0, 0.1) is 13.8 Å². The molecule has 3 aromatic rings. The van der Waals surface area contributed by atoms with Gasteiger partial charge in [0.2, 0.25) is 5.89 Å². The number of hydrogen-bond acceptors (Lipinski definition) is 6. The summed E-state index contributed by atoms with van der Waals surface area (Å²) in [5.41, 5.74) is 2.92. The molecule has 0 aliphatic rings. The number of aromatic nitrogens is 2. The highest BCUT2D eigenvalue weighted by Crippen LogP contribution is 2.19. The number of rotatable bonds is 6. The Morgan fingerprint density at radius 2 is 1.88 bits per heavy atom. The number of benzene rings is 2. The maximum atomic E-state index is 11.8. The molecule has 6 heteroatoms. The molecule has 6 nitrogen and oxygen atoms in total. The van der Waals surface area contributed by atoms with Crippen molar-refractivity contribution >= 4 is 5.97 Å². The van der Waals surface area contributed by atoms with Crippen molar-refractivity contribution in [1.29, 1.82) is 0 Å². The summed E-state index contributed by atoms with van der Waals surface area (Å²) in [6, 6.07) is 15.1. The van der Waals surface area contributed by atoms with E-state index in [0.29, 0.717) is 11.6 Å². The van der Waals surface area contributed by atoms with Gasteiger partial charge in [-0.25, -0.2) is 4.79 Å². The Labute approximate surface area is 145 Å². The minimum Gasteiger partial charge on any atom is -0.482 e. The molecule has 25 heavy (non-hydrogen) atoms. The van der Waals surface area contributed by atoms with Gasteiger partial charge >= 0.3 is 5.97 Å². The minimum atomic E-state index is -0.501. The zero-order valence-corrected chi connectivity index (χ0v) is 14.1. The summed E-state index contributed by atoms with van der Waals surface area (Å²) >= 11 is 0. The zero-order chi connectivity index (χ0) is 17.6. The summed E-state index contributed by atoms with van der Waals surface area (Å²) < 4.78 is 16.1. The van der Waals surface area contributed by atoms with E-state index < -0.39 is 5.97 Å². The fourth-order valence-corrected chi connectivity index (χ4v) is 2.29. The molecule has 0 unspecified atom stereocenters. The molecule has 3 rings (SSSR count). The number of carbonyl (C=O) groups excluding carboxylic acids is 1. The first-order valence-electron chi connectivity index (χ1n) is 7.85. The first-order chi connectivity index (χ1) is 12.1. The lowest BCUT2D eigenvalue weighted by Gasteiger charge is -2.09. The average Bonchev–Trinajstić information content (AvgIpc) is 3.09. The van der Waals surface area contributed by atoms with Gasteiger partial charge in [0.05, 0.1) is 0 Å². The Morgan fingerprint density at radius 3 is 2.64 bits per heavy atom. The molecule has 1 heterocycles. The lowest BCUT2D eigenvalue weighted by atomic mass is 10.1. The molecular formula is C19H18N2O4. The van der Waals surface area contributed by atoms with E-state index in [4.69, 9.17) is 13.9 Å². The molecule has 0 fully saturated rings. The van der Waals surface area contributed by atoms with Crippen LogP contribution < -0.4 is 4.74 Å². The van der Waals surface area contributed by atoms with Crippen molar-refractivity contribution in [2.24, 2.45) is 0 Å². The fourth-order valence-electron chi connectivity index (χ4n) is 2.29. The second kappa shape index (κ2) is 7.61. The molecular weight excluding hydrogens is 320 g/mol. The molecule has 2 aromatic carbocycles. The van der Waals surface area contributed by atoms with Crippen LogP contribution in [0.3, 0.4) is 0 Å². The Bertz CT molecular complexity index is 859. The monoisotopic (exact) mass is 338 g/mol. The highest BCUT2D eigenvalue weighted by molar-refractivity contribution is 5.71. The Kier molecular flexibility index (Phi) is 5.09. The summed E-state index contributed by atoms with van der Waals surface area (Å²) in [6.07, 6.45) is 0. The van der Waals surface area contributed by atoms with Gasteiger partial charge < -0.3 is 13.9 Å². The van der Waals surface area contributed by atoms with Gasteiger partial charge in [-0.1, -0.05) is 35.9 Å². The van der Waals surface area contributed by atoms with Crippen LogP contribution in [0.25, 0.3) is 11.5 Å². The van der Waals surface area contributed by atoms with Crippen LogP contribution in [0.5, 0.6) is 5.75 Å². The van der Waals surface area contributed by atoms with Gasteiger partial charge in [0.25, 0.3) is 5.89 Å². The predicted octanol–water partition coefficient (Wildman–Crippen LogP) is 3.48. The van der Waals surface area contributed by atoms with Gasteiger partial charge in [-0.2, -0.15) is 0 Å². The van der Waals surface area contributed by atoms with Gasteiger partial charge in [-0.3, -0.25) is 0 Å². The van der Waals surface area contributed by atoms with E-state index in [1.54, 1.807) is 0 Å². The van der Waals surface area contributed by atoms with Crippen molar-refractivity contribution in [3.63, 3.8) is 0 Å². The second-order valence-corrected chi connectivity index (χ2v) is 5.59. The van der Waals surface area contributed by atoms with E-state index in [-0.39, 0.29) is 19.1 Å². The normalized spacial score (nSPS) is 10.5. The van der Waals surface area contributed by atoms with Crippen LogP contribution in [0.2, 0.25) is 0 Å². The van der Waals surface area contributed by atoms with Gasteiger partial charge in [-0.15, -0.1) is 10.2 Å². The molecule has 0 aliphatic carbocycles. The van der Waals surface area contributed by atoms with Crippen LogP contribution in [-0.2, 0) is 16.1 Å². The molecule has 0 atom stereocenters. The first kappa shape index (κ1) is 16.7. The molecule has 0 amide bonds. The zero-order valence-electron chi connectivity index (χ0n) is 14.1. The third kappa shape index (κ3) is 4.44. The van der Waals surface area contributed by atoms with E-state index in [9.17, 15) is 4.79 Å². The van der Waals surface area contributed by atoms with Crippen molar-refractivity contribution < 1.29 is 18.7 Å². The standard InChI is InChI=1S/C19H18N2O4/c1-13-8-9-16(14(2)10-13)23-12-18(22)24-11-17-20-21-19(25-17)15-6-4-3-5-7-15/h3-10H,11-12H2,1-2H3. The van der Waals surface area contributed by atoms with Crippen molar-refractivity contribution in [2.75, 3.05) is 6.61 Å². The third-order valence-corrected chi connectivity index (χ3v) is 3.52. The Hall–Kier alpha value is -3.15. The molecule has 1 aromatic heterocycles. The SMILES string of the molecule is Cc1ccc(OCC(=O)OCc2nnc(-c3ccccc3)o2)c(C)c1. The molecule has 0 spiro atoms. The highest BCUT2D eigenvalue weighted by atomic mass is 16.6. The van der Waals surface area contributed by atoms with Crippen molar-refractivity contribution in [2.45, 2.75) is 20.5 Å².